The molecule has 0 aliphatic rings. The Morgan fingerprint density at radius 1 is 1.04 bits per heavy atom. The van der Waals surface area contributed by atoms with Crippen molar-refractivity contribution in [2.45, 2.75) is 25.8 Å². The molecule has 0 amide bonds. The van der Waals surface area contributed by atoms with Gasteiger partial charge in [0.15, 0.2) is 0 Å². The molecule has 3 N–H and O–H groups in total. The first kappa shape index (κ1) is 15.0. The van der Waals surface area contributed by atoms with E-state index in [1.54, 1.807) is 0 Å². The van der Waals surface area contributed by atoms with Crippen LogP contribution in [0.1, 0.15) is 24.0 Å². The number of aromatic nitrogens is 2. The minimum Gasteiger partial charge on any atom is -0.361 e. The van der Waals surface area contributed by atoms with E-state index in [1.807, 2.05) is 0 Å². The molecule has 122 valence electrons. The monoisotopic (exact) mass is 317 g/mol. The Kier molecular flexibility index (Phi) is 3.87. The standard InChI is InChI=1S/C21H23N3/c1-2-24-14-19(18-8-4-6-10-21(18)24)15(12-22)11-16-13-23-20-9-5-3-7-17(16)20/h3-10,13-15,23H,2,11-12,22H2,1H3. The molecule has 1 unspecified atom stereocenters. The van der Waals surface area contributed by atoms with Gasteiger partial charge in [0.25, 0.3) is 0 Å². The van der Waals surface area contributed by atoms with E-state index in [0.29, 0.717) is 12.5 Å². The van der Waals surface area contributed by atoms with E-state index in [-0.39, 0.29) is 0 Å². The minimum absolute atomic E-state index is 0.321. The molecule has 0 saturated carbocycles. The summed E-state index contributed by atoms with van der Waals surface area (Å²) < 4.78 is 2.32. The summed E-state index contributed by atoms with van der Waals surface area (Å²) in [6, 6.07) is 17.1. The zero-order valence-electron chi connectivity index (χ0n) is 14.0. The second-order valence-electron chi connectivity index (χ2n) is 6.38. The number of benzene rings is 2. The maximum absolute atomic E-state index is 6.19. The second-order valence-corrected chi connectivity index (χ2v) is 6.38. The molecule has 0 aliphatic heterocycles. The molecule has 4 rings (SSSR count). The summed E-state index contributed by atoms with van der Waals surface area (Å²) in [7, 11) is 0. The van der Waals surface area contributed by atoms with Crippen molar-refractivity contribution in [2.75, 3.05) is 6.54 Å². The number of nitrogens with zero attached hydrogens (tertiary/aromatic N) is 1. The number of H-pyrrole nitrogens is 1. The maximum Gasteiger partial charge on any atom is 0.0483 e. The highest BCUT2D eigenvalue weighted by Gasteiger charge is 2.18. The summed E-state index contributed by atoms with van der Waals surface area (Å²) in [6.07, 6.45) is 5.38. The Balaban J connectivity index is 1.77. The number of nitrogens with two attached hydrogens (primary N) is 1. The van der Waals surface area contributed by atoms with Gasteiger partial charge in [0.2, 0.25) is 0 Å². The number of para-hydroxylation sites is 2. The predicted molar refractivity (Wildman–Crippen MR) is 101 cm³/mol. The van der Waals surface area contributed by atoms with Crippen LogP contribution in [0.5, 0.6) is 0 Å². The van der Waals surface area contributed by atoms with Gasteiger partial charge in [-0.2, -0.15) is 0 Å². The molecule has 2 aromatic heterocycles. The lowest BCUT2D eigenvalue weighted by atomic mass is 9.91. The number of hydrogen-bond donors (Lipinski definition) is 2. The van der Waals surface area contributed by atoms with Crippen LogP contribution in [0.2, 0.25) is 0 Å². The van der Waals surface area contributed by atoms with E-state index in [4.69, 9.17) is 5.73 Å². The Morgan fingerprint density at radius 2 is 1.79 bits per heavy atom. The fourth-order valence-electron chi connectivity index (χ4n) is 3.75. The fourth-order valence-corrected chi connectivity index (χ4v) is 3.75. The van der Waals surface area contributed by atoms with Crippen molar-refractivity contribution < 1.29 is 0 Å². The highest BCUT2D eigenvalue weighted by atomic mass is 14.9. The van der Waals surface area contributed by atoms with Crippen molar-refractivity contribution in [3.05, 3.63) is 72.1 Å². The van der Waals surface area contributed by atoms with Gasteiger partial charge in [-0.1, -0.05) is 36.4 Å². The number of aromatic amines is 1. The lowest BCUT2D eigenvalue weighted by molar-refractivity contribution is 0.693. The minimum atomic E-state index is 0.321. The first-order chi connectivity index (χ1) is 11.8. The van der Waals surface area contributed by atoms with Gasteiger partial charge < -0.3 is 15.3 Å². The second kappa shape index (κ2) is 6.17. The van der Waals surface area contributed by atoms with Crippen LogP contribution in [0, 0.1) is 0 Å². The van der Waals surface area contributed by atoms with Crippen molar-refractivity contribution >= 4 is 21.8 Å². The van der Waals surface area contributed by atoms with Crippen LogP contribution < -0.4 is 5.73 Å². The van der Waals surface area contributed by atoms with Crippen LogP contribution in [-0.4, -0.2) is 16.1 Å². The van der Waals surface area contributed by atoms with Crippen LogP contribution >= 0.6 is 0 Å². The SMILES string of the molecule is CCn1cc(C(CN)Cc2c[nH]c3ccccc23)c2ccccc21. The molecule has 0 aliphatic carbocycles. The molecule has 3 nitrogen and oxygen atoms in total. The molecule has 0 bridgehead atoms. The van der Waals surface area contributed by atoms with Crippen molar-refractivity contribution in [1.82, 2.24) is 9.55 Å². The third-order valence-electron chi connectivity index (χ3n) is 5.03. The number of nitrogens with one attached hydrogen (secondary N) is 1. The van der Waals surface area contributed by atoms with Crippen molar-refractivity contribution in [3.8, 4) is 0 Å². The van der Waals surface area contributed by atoms with E-state index in [1.165, 1.54) is 32.9 Å². The van der Waals surface area contributed by atoms with Gasteiger partial charge in [0.05, 0.1) is 0 Å². The third-order valence-corrected chi connectivity index (χ3v) is 5.03. The predicted octanol–water partition coefficient (Wildman–Crippen LogP) is 4.43. The molecule has 0 spiro atoms. The third kappa shape index (κ3) is 2.42. The summed E-state index contributed by atoms with van der Waals surface area (Å²) in [5.41, 5.74) is 11.4. The normalized spacial score (nSPS) is 12.9. The van der Waals surface area contributed by atoms with Crippen LogP contribution in [0.3, 0.4) is 0 Å². The number of aryl methyl sites for hydroxylation is 1. The van der Waals surface area contributed by atoms with Crippen molar-refractivity contribution in [2.24, 2.45) is 5.73 Å². The first-order valence-corrected chi connectivity index (χ1v) is 8.64. The Morgan fingerprint density at radius 3 is 2.58 bits per heavy atom. The van der Waals surface area contributed by atoms with Gasteiger partial charge in [-0.25, -0.2) is 0 Å². The van der Waals surface area contributed by atoms with Gasteiger partial charge in [-0.3, -0.25) is 0 Å². The molecule has 2 aromatic carbocycles. The summed E-state index contributed by atoms with van der Waals surface area (Å²) in [5.74, 6) is 0.321. The van der Waals surface area contributed by atoms with Gasteiger partial charge in [-0.05, 0) is 43.1 Å². The Labute approximate surface area is 142 Å². The molecule has 4 aromatic rings. The molecule has 2 heterocycles. The molecule has 1 atom stereocenters. The zero-order chi connectivity index (χ0) is 16.5. The van der Waals surface area contributed by atoms with Crippen LogP contribution in [-0.2, 0) is 13.0 Å². The van der Waals surface area contributed by atoms with Crippen LogP contribution in [0.4, 0.5) is 0 Å². The van der Waals surface area contributed by atoms with E-state index in [2.05, 4.69) is 77.4 Å². The largest absolute Gasteiger partial charge is 0.361 e. The smallest absolute Gasteiger partial charge is 0.0483 e. The number of rotatable bonds is 5. The molecule has 0 saturated heterocycles. The quantitative estimate of drug-likeness (QED) is 0.562. The Bertz CT molecular complexity index is 977. The summed E-state index contributed by atoms with van der Waals surface area (Å²) in [5, 5.41) is 2.63. The Hall–Kier alpha value is -2.52. The van der Waals surface area contributed by atoms with Crippen LogP contribution in [0.25, 0.3) is 21.8 Å². The zero-order valence-corrected chi connectivity index (χ0v) is 14.0. The average Bonchev–Trinajstić information content (AvgIpc) is 3.21. The first-order valence-electron chi connectivity index (χ1n) is 8.64. The molecule has 0 radical (unpaired) electrons. The summed E-state index contributed by atoms with van der Waals surface area (Å²) in [6.45, 7) is 3.81. The van der Waals surface area contributed by atoms with E-state index >= 15 is 0 Å². The van der Waals surface area contributed by atoms with E-state index in [9.17, 15) is 0 Å². The van der Waals surface area contributed by atoms with Gasteiger partial charge in [0, 0.05) is 46.7 Å². The number of fused-ring (bicyclic) bond motifs is 2. The molecule has 0 fully saturated rings. The van der Waals surface area contributed by atoms with Crippen LogP contribution in [0.15, 0.2) is 60.9 Å². The fraction of sp³-hybridized carbons (Fsp3) is 0.238. The number of hydrogen-bond acceptors (Lipinski definition) is 1. The molecule has 3 heteroatoms. The maximum atomic E-state index is 6.19. The highest BCUT2D eigenvalue weighted by Crippen LogP contribution is 2.31. The summed E-state index contributed by atoms with van der Waals surface area (Å²) >= 11 is 0. The van der Waals surface area contributed by atoms with Gasteiger partial charge >= 0.3 is 0 Å². The van der Waals surface area contributed by atoms with E-state index in [0.717, 1.165) is 13.0 Å². The molecule has 24 heavy (non-hydrogen) atoms. The summed E-state index contributed by atoms with van der Waals surface area (Å²) in [4.78, 5) is 3.38. The lowest BCUT2D eigenvalue weighted by Crippen LogP contribution is -2.14. The van der Waals surface area contributed by atoms with E-state index < -0.39 is 0 Å². The topological polar surface area (TPSA) is 46.7 Å². The van der Waals surface area contributed by atoms with Crippen molar-refractivity contribution in [1.29, 1.82) is 0 Å². The highest BCUT2D eigenvalue weighted by molar-refractivity contribution is 5.85. The molecular formula is C21H23N3. The van der Waals surface area contributed by atoms with Gasteiger partial charge in [-0.15, -0.1) is 0 Å². The van der Waals surface area contributed by atoms with Crippen molar-refractivity contribution in [3.63, 3.8) is 0 Å². The van der Waals surface area contributed by atoms with Gasteiger partial charge in [0.1, 0.15) is 0 Å². The lowest BCUT2D eigenvalue weighted by Gasteiger charge is -2.14. The molecular weight excluding hydrogens is 294 g/mol. The average molecular weight is 317 g/mol.